The minimum Gasteiger partial charge on any atom is -0.455 e. The molecule has 0 aliphatic rings. The van der Waals surface area contributed by atoms with Gasteiger partial charge in [0, 0.05) is 12.6 Å². The van der Waals surface area contributed by atoms with Gasteiger partial charge in [-0.25, -0.2) is 4.68 Å². The molecule has 118 valence electrons. The third kappa shape index (κ3) is 2.49. The Kier molecular flexibility index (Phi) is 3.63. The van der Waals surface area contributed by atoms with Crippen molar-refractivity contribution in [2.75, 3.05) is 0 Å². The van der Waals surface area contributed by atoms with Gasteiger partial charge in [-0.05, 0) is 36.5 Å². The molecule has 0 aliphatic heterocycles. The fourth-order valence-corrected chi connectivity index (χ4v) is 2.92. The molecule has 0 bridgehead atoms. The quantitative estimate of drug-likeness (QED) is 0.397. The number of aryl methyl sites for hydroxylation is 1. The molecule has 5 heteroatoms. The van der Waals surface area contributed by atoms with E-state index in [-0.39, 0.29) is 0 Å². The second-order valence-corrected chi connectivity index (χ2v) is 5.82. The summed E-state index contributed by atoms with van der Waals surface area (Å²) in [6.45, 7) is 0. The molecule has 0 aliphatic carbocycles. The van der Waals surface area contributed by atoms with Crippen molar-refractivity contribution in [2.45, 2.75) is 0 Å². The first-order valence-corrected chi connectivity index (χ1v) is 8.01. The summed E-state index contributed by atoms with van der Waals surface area (Å²) in [6.07, 6.45) is 1.69. The lowest BCUT2D eigenvalue weighted by Crippen LogP contribution is -1.92. The number of nitrogens with zero attached hydrogens (tertiary/aromatic N) is 3. The summed E-state index contributed by atoms with van der Waals surface area (Å²) in [5.74, 6) is 1.50. The molecule has 2 heterocycles. The Labute approximate surface area is 144 Å². The molecule has 4 nitrogen and oxygen atoms in total. The Morgan fingerprint density at radius 3 is 2.42 bits per heavy atom. The second kappa shape index (κ2) is 5.94. The lowest BCUT2D eigenvalue weighted by molar-refractivity contribution is 0.574. The van der Waals surface area contributed by atoms with Crippen molar-refractivity contribution in [3.63, 3.8) is 0 Å². The third-order valence-corrected chi connectivity index (χ3v) is 4.37. The van der Waals surface area contributed by atoms with E-state index in [1.54, 1.807) is 10.9 Å². The molecule has 0 saturated carbocycles. The highest BCUT2D eigenvalue weighted by atomic mass is 32.1. The molecule has 0 amide bonds. The van der Waals surface area contributed by atoms with Crippen LogP contribution in [0.2, 0.25) is 0 Å². The van der Waals surface area contributed by atoms with Gasteiger partial charge in [0.15, 0.2) is 0 Å². The zero-order valence-corrected chi connectivity index (χ0v) is 13.9. The molecule has 0 unspecified atom stereocenters. The number of imidazole rings is 1. The summed E-state index contributed by atoms with van der Waals surface area (Å²) >= 11 is 5.47. The number of benzene rings is 2. The van der Waals surface area contributed by atoms with Crippen LogP contribution in [-0.4, -0.2) is 15.5 Å². The van der Waals surface area contributed by atoms with E-state index in [2.05, 4.69) is 5.10 Å². The van der Waals surface area contributed by atoms with Crippen LogP contribution in [0.25, 0.3) is 22.4 Å². The van der Waals surface area contributed by atoms with Crippen LogP contribution in [0.3, 0.4) is 0 Å². The minimum absolute atomic E-state index is 0.641. The summed E-state index contributed by atoms with van der Waals surface area (Å²) in [5, 5.41) is 4.50. The summed E-state index contributed by atoms with van der Waals surface area (Å²) < 4.78 is 10.2. The van der Waals surface area contributed by atoms with Crippen LogP contribution in [-0.2, 0) is 7.05 Å². The van der Waals surface area contributed by atoms with Gasteiger partial charge >= 0.3 is 0 Å². The van der Waals surface area contributed by atoms with Gasteiger partial charge in [-0.15, -0.1) is 0 Å². The second-order valence-electron chi connectivity index (χ2n) is 5.45. The predicted molar refractivity (Wildman–Crippen MR) is 98.9 cm³/mol. The molecule has 4 aromatic rings. The van der Waals surface area contributed by atoms with E-state index in [1.807, 2.05) is 78.3 Å². The van der Waals surface area contributed by atoms with E-state index in [9.17, 15) is 0 Å². The molecular weight excluding hydrogens is 318 g/mol. The van der Waals surface area contributed by atoms with E-state index in [0.29, 0.717) is 10.5 Å². The summed E-state index contributed by atoms with van der Waals surface area (Å²) in [6, 6.07) is 21.8. The monoisotopic (exact) mass is 333 g/mol. The predicted octanol–water partition coefficient (Wildman–Crippen LogP) is 4.85. The minimum atomic E-state index is 0.641. The Hall–Kier alpha value is -2.92. The van der Waals surface area contributed by atoms with E-state index >= 15 is 0 Å². The zero-order valence-electron chi connectivity index (χ0n) is 13.1. The van der Waals surface area contributed by atoms with Crippen molar-refractivity contribution in [3.05, 3.63) is 77.3 Å². The first kappa shape index (κ1) is 14.7. The number of fused-ring (bicyclic) bond motifs is 1. The Morgan fingerprint density at radius 2 is 1.62 bits per heavy atom. The first-order valence-electron chi connectivity index (χ1n) is 7.60. The maximum absolute atomic E-state index is 5.85. The number of rotatable bonds is 3. The number of aromatic nitrogens is 2. The number of para-hydroxylation sites is 2. The highest BCUT2D eigenvalue weighted by Gasteiger charge is 2.07. The third-order valence-electron chi connectivity index (χ3n) is 3.92. The zero-order chi connectivity index (χ0) is 16.5. The fraction of sp³-hybridized carbons (Fsp3) is 0.0526. The average Bonchev–Trinajstić information content (AvgIpc) is 3.19. The lowest BCUT2D eigenvalue weighted by Gasteiger charge is -1.96. The van der Waals surface area contributed by atoms with Crippen LogP contribution in [0.1, 0.15) is 5.76 Å². The Balaban J connectivity index is 1.71. The molecule has 2 aromatic heterocycles. The molecule has 4 rings (SSSR count). The van der Waals surface area contributed by atoms with E-state index in [1.165, 1.54) is 0 Å². The average molecular weight is 333 g/mol. The molecule has 0 fully saturated rings. The van der Waals surface area contributed by atoms with Gasteiger partial charge in [0.1, 0.15) is 11.5 Å². The van der Waals surface area contributed by atoms with Gasteiger partial charge < -0.3 is 8.98 Å². The number of furan rings is 1. The maximum Gasteiger partial charge on any atom is 0.201 e. The molecule has 0 atom stereocenters. The van der Waals surface area contributed by atoms with Gasteiger partial charge in [0.2, 0.25) is 4.77 Å². The molecular formula is C19H15N3OS. The van der Waals surface area contributed by atoms with Crippen LogP contribution in [0.4, 0.5) is 0 Å². The fourth-order valence-electron chi connectivity index (χ4n) is 2.68. The maximum atomic E-state index is 5.85. The first-order chi connectivity index (χ1) is 11.7. The summed E-state index contributed by atoms with van der Waals surface area (Å²) in [5.41, 5.74) is 3.05. The Bertz CT molecular complexity index is 1090. The number of hydrogen-bond donors (Lipinski definition) is 0. The van der Waals surface area contributed by atoms with Crippen LogP contribution in [0, 0.1) is 4.77 Å². The van der Waals surface area contributed by atoms with Crippen LogP contribution in [0.5, 0.6) is 0 Å². The van der Waals surface area contributed by atoms with Crippen molar-refractivity contribution in [1.82, 2.24) is 9.24 Å². The molecule has 0 N–H and O–H groups in total. The van der Waals surface area contributed by atoms with Crippen LogP contribution < -0.4 is 0 Å². The lowest BCUT2D eigenvalue weighted by atomic mass is 10.2. The smallest absolute Gasteiger partial charge is 0.201 e. The van der Waals surface area contributed by atoms with Crippen LogP contribution in [0.15, 0.2) is 76.2 Å². The van der Waals surface area contributed by atoms with E-state index in [0.717, 1.165) is 22.4 Å². The standard InChI is InChI=1S/C19H15N3OS/c1-21-16-9-5-6-10-17(16)22(19(21)24)20-13-15-11-12-18(23-15)14-7-3-2-4-8-14/h2-13H,1H3/b20-13-. The molecule has 2 aromatic carbocycles. The van der Waals surface area contributed by atoms with Gasteiger partial charge in [-0.1, -0.05) is 42.5 Å². The highest BCUT2D eigenvalue weighted by molar-refractivity contribution is 7.71. The largest absolute Gasteiger partial charge is 0.455 e. The van der Waals surface area contributed by atoms with Gasteiger partial charge in [-0.2, -0.15) is 5.10 Å². The number of hydrogen-bond acceptors (Lipinski definition) is 3. The van der Waals surface area contributed by atoms with Crippen molar-refractivity contribution in [1.29, 1.82) is 0 Å². The van der Waals surface area contributed by atoms with Crippen LogP contribution >= 0.6 is 12.2 Å². The highest BCUT2D eigenvalue weighted by Crippen LogP contribution is 2.21. The Morgan fingerprint density at radius 1 is 0.917 bits per heavy atom. The normalized spacial score (nSPS) is 11.5. The SMILES string of the molecule is Cn1c(=S)n(/N=C\c2ccc(-c3ccccc3)o2)c2ccccc21. The molecule has 0 spiro atoms. The van der Waals surface area contributed by atoms with E-state index < -0.39 is 0 Å². The summed E-state index contributed by atoms with van der Waals surface area (Å²) in [4.78, 5) is 0. The van der Waals surface area contributed by atoms with Gasteiger partial charge in [-0.3, -0.25) is 0 Å². The summed E-state index contributed by atoms with van der Waals surface area (Å²) in [7, 11) is 1.94. The van der Waals surface area contributed by atoms with Gasteiger partial charge in [0.25, 0.3) is 0 Å². The molecule has 24 heavy (non-hydrogen) atoms. The molecule has 0 saturated heterocycles. The van der Waals surface area contributed by atoms with Crippen molar-refractivity contribution in [3.8, 4) is 11.3 Å². The topological polar surface area (TPSA) is 35.4 Å². The molecule has 0 radical (unpaired) electrons. The van der Waals surface area contributed by atoms with Crippen molar-refractivity contribution in [2.24, 2.45) is 12.1 Å². The van der Waals surface area contributed by atoms with Crippen molar-refractivity contribution < 1.29 is 4.42 Å². The van der Waals surface area contributed by atoms with Gasteiger partial charge in [0.05, 0.1) is 17.2 Å². The van der Waals surface area contributed by atoms with E-state index in [4.69, 9.17) is 16.6 Å². The van der Waals surface area contributed by atoms with Crippen molar-refractivity contribution >= 4 is 29.5 Å².